The molecule has 0 saturated heterocycles. The van der Waals surface area contributed by atoms with E-state index in [1.807, 2.05) is 6.07 Å². The highest BCUT2D eigenvalue weighted by Crippen LogP contribution is 2.61. The fourth-order valence-electron chi connectivity index (χ4n) is 5.76. The lowest BCUT2D eigenvalue weighted by molar-refractivity contribution is -0.0227. The van der Waals surface area contributed by atoms with Gasteiger partial charge >= 0.3 is 0 Å². The summed E-state index contributed by atoms with van der Waals surface area (Å²) < 4.78 is 5.26. The number of rotatable bonds is 1. The number of benzene rings is 1. The second kappa shape index (κ2) is 4.89. The number of ether oxygens (including phenoxy) is 1. The van der Waals surface area contributed by atoms with Gasteiger partial charge in [-0.05, 0) is 73.3 Å². The molecule has 2 saturated carbocycles. The Bertz CT molecular complexity index is 597. The summed E-state index contributed by atoms with van der Waals surface area (Å²) in [5.41, 5.74) is 2.55. The van der Waals surface area contributed by atoms with Crippen LogP contribution in [0.1, 0.15) is 56.1 Å². The van der Waals surface area contributed by atoms with Crippen LogP contribution in [0.3, 0.4) is 0 Å². The van der Waals surface area contributed by atoms with E-state index in [-0.39, 0.29) is 11.5 Å². The number of phenolic OH excluding ortho intramolecular Hbond substituents is 1. The van der Waals surface area contributed by atoms with E-state index in [1.165, 1.54) is 5.56 Å². The Kier molecular flexibility index (Phi) is 3.19. The van der Waals surface area contributed by atoms with Crippen molar-refractivity contribution in [3.8, 4) is 11.5 Å². The summed E-state index contributed by atoms with van der Waals surface area (Å²) in [6.45, 7) is 2.30. The average molecular weight is 302 g/mol. The van der Waals surface area contributed by atoms with Crippen molar-refractivity contribution in [3.05, 3.63) is 23.3 Å². The van der Waals surface area contributed by atoms with Crippen LogP contribution in [0.2, 0.25) is 0 Å². The molecular weight excluding hydrogens is 276 g/mol. The molecule has 22 heavy (non-hydrogen) atoms. The summed E-state index contributed by atoms with van der Waals surface area (Å²) >= 11 is 0. The number of aliphatic hydroxyl groups is 1. The molecule has 5 atom stereocenters. The minimum Gasteiger partial charge on any atom is -0.504 e. The third kappa shape index (κ3) is 1.78. The molecule has 0 unspecified atom stereocenters. The van der Waals surface area contributed by atoms with Crippen molar-refractivity contribution in [1.29, 1.82) is 0 Å². The number of methoxy groups -OCH3 is 1. The molecule has 2 fully saturated rings. The fourth-order valence-corrected chi connectivity index (χ4v) is 5.76. The number of hydrogen-bond acceptors (Lipinski definition) is 3. The lowest BCUT2D eigenvalue weighted by Crippen LogP contribution is -2.43. The minimum atomic E-state index is -0.121. The predicted molar refractivity (Wildman–Crippen MR) is 85.3 cm³/mol. The van der Waals surface area contributed by atoms with E-state index >= 15 is 0 Å². The summed E-state index contributed by atoms with van der Waals surface area (Å²) in [6.07, 6.45) is 6.30. The molecular formula is C19H26O3. The van der Waals surface area contributed by atoms with Crippen LogP contribution in [0.5, 0.6) is 11.5 Å². The first kappa shape index (κ1) is 14.4. The first-order valence-electron chi connectivity index (χ1n) is 8.63. The monoisotopic (exact) mass is 302 g/mol. The average Bonchev–Trinajstić information content (AvgIpc) is 2.83. The van der Waals surface area contributed by atoms with Crippen LogP contribution < -0.4 is 4.74 Å². The maximum absolute atomic E-state index is 10.4. The Morgan fingerprint density at radius 3 is 2.77 bits per heavy atom. The molecule has 120 valence electrons. The molecule has 3 aliphatic carbocycles. The Morgan fingerprint density at radius 1 is 1.18 bits per heavy atom. The first-order chi connectivity index (χ1) is 10.6. The van der Waals surface area contributed by atoms with Gasteiger partial charge in [0.1, 0.15) is 0 Å². The van der Waals surface area contributed by atoms with E-state index in [0.29, 0.717) is 29.3 Å². The van der Waals surface area contributed by atoms with Crippen LogP contribution in [-0.4, -0.2) is 23.4 Å². The first-order valence-corrected chi connectivity index (χ1v) is 8.63. The van der Waals surface area contributed by atoms with Crippen LogP contribution in [-0.2, 0) is 6.42 Å². The molecule has 1 aromatic rings. The molecule has 2 N–H and O–H groups in total. The summed E-state index contributed by atoms with van der Waals surface area (Å²) in [5, 5.41) is 20.9. The smallest absolute Gasteiger partial charge is 0.161 e. The number of aromatic hydroxyl groups is 1. The van der Waals surface area contributed by atoms with Gasteiger partial charge in [0.05, 0.1) is 13.2 Å². The van der Waals surface area contributed by atoms with Crippen LogP contribution in [0.15, 0.2) is 12.1 Å². The number of fused-ring (bicyclic) bond motifs is 5. The van der Waals surface area contributed by atoms with E-state index in [4.69, 9.17) is 4.74 Å². The van der Waals surface area contributed by atoms with Gasteiger partial charge in [-0.25, -0.2) is 0 Å². The molecule has 0 spiro atoms. The molecule has 1 aromatic carbocycles. The number of aliphatic hydroxyl groups excluding tert-OH is 1. The van der Waals surface area contributed by atoms with Crippen molar-refractivity contribution in [2.24, 2.45) is 17.3 Å². The highest BCUT2D eigenvalue weighted by molar-refractivity contribution is 5.52. The van der Waals surface area contributed by atoms with Gasteiger partial charge in [0.25, 0.3) is 0 Å². The summed E-state index contributed by atoms with van der Waals surface area (Å²) in [4.78, 5) is 0. The zero-order valence-corrected chi connectivity index (χ0v) is 13.5. The molecule has 4 rings (SSSR count). The van der Waals surface area contributed by atoms with Crippen molar-refractivity contribution in [3.63, 3.8) is 0 Å². The predicted octanol–water partition coefficient (Wildman–Crippen LogP) is 3.62. The standard InChI is InChI=1S/C19H26O3/c1-19-10-9-12-11-5-7-16(22-2)18(21)14(11)4-3-13(12)15(19)6-8-17(19)20/h5,7,12-13,15,17,20-21H,3-4,6,8-10H2,1-2H3/t12-,13+,15+,17-,19-/m0/s1. The molecule has 3 nitrogen and oxygen atoms in total. The Hall–Kier alpha value is -1.22. The van der Waals surface area contributed by atoms with E-state index in [9.17, 15) is 10.2 Å². The van der Waals surface area contributed by atoms with Gasteiger partial charge in [-0.2, -0.15) is 0 Å². The zero-order chi connectivity index (χ0) is 15.5. The van der Waals surface area contributed by atoms with E-state index in [1.54, 1.807) is 7.11 Å². The van der Waals surface area contributed by atoms with E-state index < -0.39 is 0 Å². The molecule has 0 amide bonds. The molecule has 0 bridgehead atoms. The minimum absolute atomic E-state index is 0.118. The Morgan fingerprint density at radius 2 is 2.00 bits per heavy atom. The summed E-state index contributed by atoms with van der Waals surface area (Å²) in [7, 11) is 1.61. The zero-order valence-electron chi connectivity index (χ0n) is 13.5. The van der Waals surface area contributed by atoms with Crippen molar-refractivity contribution in [2.45, 2.75) is 57.5 Å². The number of hydrogen-bond donors (Lipinski definition) is 2. The molecule has 0 heterocycles. The van der Waals surface area contributed by atoms with Crippen molar-refractivity contribution < 1.29 is 14.9 Å². The van der Waals surface area contributed by atoms with Gasteiger partial charge in [-0.15, -0.1) is 0 Å². The Balaban J connectivity index is 1.72. The lowest BCUT2D eigenvalue weighted by atomic mass is 9.55. The third-order valence-corrected chi connectivity index (χ3v) is 7.02. The van der Waals surface area contributed by atoms with Gasteiger partial charge < -0.3 is 14.9 Å². The van der Waals surface area contributed by atoms with Gasteiger partial charge in [0.2, 0.25) is 0 Å². The second-order valence-corrected chi connectivity index (χ2v) is 7.74. The molecule has 0 aromatic heterocycles. The Labute approximate surface area is 132 Å². The largest absolute Gasteiger partial charge is 0.504 e. The van der Waals surface area contributed by atoms with Gasteiger partial charge in [-0.1, -0.05) is 13.0 Å². The molecule has 3 heteroatoms. The SMILES string of the molecule is COc1ccc2c(c1O)CC[C@H]1[C@H]3CC[C@H](O)[C@@]3(C)CC[C@@H]21. The fraction of sp³-hybridized carbons (Fsp3) is 0.684. The topological polar surface area (TPSA) is 49.7 Å². The van der Waals surface area contributed by atoms with Crippen molar-refractivity contribution in [2.75, 3.05) is 7.11 Å². The van der Waals surface area contributed by atoms with Crippen molar-refractivity contribution in [1.82, 2.24) is 0 Å². The van der Waals surface area contributed by atoms with E-state index in [0.717, 1.165) is 44.1 Å². The van der Waals surface area contributed by atoms with E-state index in [2.05, 4.69) is 13.0 Å². The third-order valence-electron chi connectivity index (χ3n) is 7.02. The van der Waals surface area contributed by atoms with Crippen LogP contribution in [0, 0.1) is 17.3 Å². The maximum Gasteiger partial charge on any atom is 0.161 e. The maximum atomic E-state index is 10.4. The molecule has 0 aliphatic heterocycles. The lowest BCUT2D eigenvalue weighted by Gasteiger charge is -2.50. The highest BCUT2D eigenvalue weighted by atomic mass is 16.5. The second-order valence-electron chi connectivity index (χ2n) is 7.74. The summed E-state index contributed by atoms with van der Waals surface area (Å²) in [6, 6.07) is 4.08. The van der Waals surface area contributed by atoms with Crippen molar-refractivity contribution >= 4 is 0 Å². The van der Waals surface area contributed by atoms with Gasteiger partial charge in [-0.3, -0.25) is 0 Å². The van der Waals surface area contributed by atoms with Gasteiger partial charge in [0.15, 0.2) is 11.5 Å². The van der Waals surface area contributed by atoms with Crippen LogP contribution in [0.25, 0.3) is 0 Å². The van der Waals surface area contributed by atoms with Crippen LogP contribution in [0.4, 0.5) is 0 Å². The highest BCUT2D eigenvalue weighted by Gasteiger charge is 2.54. The molecule has 0 radical (unpaired) electrons. The quantitative estimate of drug-likeness (QED) is 0.833. The summed E-state index contributed by atoms with van der Waals surface area (Å²) in [5.74, 6) is 2.78. The van der Waals surface area contributed by atoms with Gasteiger partial charge in [0, 0.05) is 5.56 Å². The normalized spacial score (nSPS) is 39.8. The van der Waals surface area contributed by atoms with Crippen LogP contribution >= 0.6 is 0 Å². The molecule has 3 aliphatic rings. The number of phenols is 1.